The lowest BCUT2D eigenvalue weighted by molar-refractivity contribution is -0.141. The van der Waals surface area contributed by atoms with Gasteiger partial charge in [0.05, 0.1) is 6.33 Å². The van der Waals surface area contributed by atoms with Crippen LogP contribution in [0.15, 0.2) is 12.5 Å². The van der Waals surface area contributed by atoms with Crippen LogP contribution in [-0.4, -0.2) is 38.7 Å². The molecule has 0 aliphatic rings. The van der Waals surface area contributed by atoms with E-state index in [1.165, 1.54) is 12.5 Å². The van der Waals surface area contributed by atoms with E-state index in [1.807, 2.05) is 0 Å². The van der Waals surface area contributed by atoms with E-state index in [9.17, 15) is 9.59 Å². The third kappa shape index (κ3) is 3.93. The SMILES string of the molecule is O=C(CCS)N[C@@H](Cc1cnc[nH]1)C(=O)O. The molecule has 3 N–H and O–H groups in total. The summed E-state index contributed by atoms with van der Waals surface area (Å²) in [7, 11) is 0. The Kier molecular flexibility index (Phi) is 4.84. The van der Waals surface area contributed by atoms with Crippen LogP contribution in [0.4, 0.5) is 0 Å². The summed E-state index contributed by atoms with van der Waals surface area (Å²) in [5, 5.41) is 11.3. The van der Waals surface area contributed by atoms with Crippen molar-refractivity contribution in [2.45, 2.75) is 18.9 Å². The van der Waals surface area contributed by atoms with Crippen LogP contribution in [-0.2, 0) is 16.0 Å². The number of rotatable bonds is 6. The number of imidazole rings is 1. The molecule has 0 fully saturated rings. The number of hydrogen-bond donors (Lipinski definition) is 4. The van der Waals surface area contributed by atoms with Crippen molar-refractivity contribution in [2.24, 2.45) is 0 Å². The lowest BCUT2D eigenvalue weighted by atomic mass is 10.1. The zero-order valence-corrected chi connectivity index (χ0v) is 9.41. The summed E-state index contributed by atoms with van der Waals surface area (Å²) in [6.45, 7) is 0. The van der Waals surface area contributed by atoms with E-state index in [0.29, 0.717) is 11.4 Å². The van der Waals surface area contributed by atoms with E-state index in [2.05, 4.69) is 27.9 Å². The van der Waals surface area contributed by atoms with Crippen LogP contribution in [0.25, 0.3) is 0 Å². The molecule has 0 radical (unpaired) electrons. The molecule has 1 heterocycles. The van der Waals surface area contributed by atoms with Gasteiger partial charge in [0, 0.05) is 24.7 Å². The first-order valence-electron chi connectivity index (χ1n) is 4.73. The van der Waals surface area contributed by atoms with Crippen LogP contribution >= 0.6 is 12.6 Å². The lowest BCUT2D eigenvalue weighted by Gasteiger charge is -2.12. The summed E-state index contributed by atoms with van der Waals surface area (Å²) >= 11 is 3.90. The molecule has 1 aromatic heterocycles. The molecule has 1 rings (SSSR count). The molecule has 0 bridgehead atoms. The Morgan fingerprint density at radius 2 is 2.38 bits per heavy atom. The topological polar surface area (TPSA) is 95.1 Å². The summed E-state index contributed by atoms with van der Waals surface area (Å²) in [5.41, 5.74) is 0.665. The molecule has 0 aromatic carbocycles. The van der Waals surface area contributed by atoms with E-state index >= 15 is 0 Å². The maximum atomic E-state index is 11.2. The maximum Gasteiger partial charge on any atom is 0.326 e. The van der Waals surface area contributed by atoms with Gasteiger partial charge in [0.1, 0.15) is 6.04 Å². The summed E-state index contributed by atoms with van der Waals surface area (Å²) in [6.07, 6.45) is 3.38. The fourth-order valence-corrected chi connectivity index (χ4v) is 1.39. The largest absolute Gasteiger partial charge is 0.480 e. The summed E-state index contributed by atoms with van der Waals surface area (Å²) in [4.78, 5) is 28.7. The zero-order chi connectivity index (χ0) is 12.0. The number of hydrogen-bond acceptors (Lipinski definition) is 4. The Bertz CT molecular complexity index is 353. The molecule has 0 aliphatic heterocycles. The van der Waals surface area contributed by atoms with Gasteiger partial charge in [-0.25, -0.2) is 9.78 Å². The second-order valence-corrected chi connectivity index (χ2v) is 3.66. The number of nitrogens with zero attached hydrogens (tertiary/aromatic N) is 1. The van der Waals surface area contributed by atoms with Gasteiger partial charge in [-0.05, 0) is 5.75 Å². The van der Waals surface area contributed by atoms with Gasteiger partial charge < -0.3 is 15.4 Å². The second kappa shape index (κ2) is 6.16. The number of aromatic amines is 1. The lowest BCUT2D eigenvalue weighted by Crippen LogP contribution is -2.42. The molecule has 0 saturated carbocycles. The van der Waals surface area contributed by atoms with Crippen LogP contribution in [0, 0.1) is 0 Å². The van der Waals surface area contributed by atoms with Gasteiger partial charge in [-0.15, -0.1) is 0 Å². The highest BCUT2D eigenvalue weighted by Crippen LogP contribution is 1.99. The maximum absolute atomic E-state index is 11.2. The predicted octanol–water partition coefficient (Wildman–Crippen LogP) is -0.158. The average molecular weight is 243 g/mol. The predicted molar refractivity (Wildman–Crippen MR) is 60.3 cm³/mol. The number of amides is 1. The van der Waals surface area contributed by atoms with Crippen molar-refractivity contribution in [1.82, 2.24) is 15.3 Å². The first-order valence-corrected chi connectivity index (χ1v) is 5.37. The first-order chi connectivity index (χ1) is 7.63. The third-order valence-corrected chi connectivity index (χ3v) is 2.17. The van der Waals surface area contributed by atoms with Crippen LogP contribution in [0.3, 0.4) is 0 Å². The van der Waals surface area contributed by atoms with Gasteiger partial charge in [0.2, 0.25) is 5.91 Å². The van der Waals surface area contributed by atoms with Gasteiger partial charge in [-0.3, -0.25) is 4.79 Å². The van der Waals surface area contributed by atoms with Crippen LogP contribution in [0.5, 0.6) is 0 Å². The van der Waals surface area contributed by atoms with Crippen LogP contribution in [0.2, 0.25) is 0 Å². The van der Waals surface area contributed by atoms with Crippen molar-refractivity contribution >= 4 is 24.5 Å². The average Bonchev–Trinajstić information content (AvgIpc) is 2.69. The molecule has 1 amide bonds. The van der Waals surface area contributed by atoms with Gasteiger partial charge >= 0.3 is 5.97 Å². The van der Waals surface area contributed by atoms with E-state index in [-0.39, 0.29) is 18.7 Å². The highest BCUT2D eigenvalue weighted by molar-refractivity contribution is 7.80. The third-order valence-electron chi connectivity index (χ3n) is 1.95. The van der Waals surface area contributed by atoms with Crippen LogP contribution < -0.4 is 5.32 Å². The van der Waals surface area contributed by atoms with Crippen LogP contribution in [0.1, 0.15) is 12.1 Å². The number of aromatic nitrogens is 2. The van der Waals surface area contributed by atoms with Crippen molar-refractivity contribution in [2.75, 3.05) is 5.75 Å². The fraction of sp³-hybridized carbons (Fsp3) is 0.444. The molecule has 16 heavy (non-hydrogen) atoms. The van der Waals surface area contributed by atoms with E-state index < -0.39 is 12.0 Å². The Hall–Kier alpha value is -1.50. The summed E-state index contributed by atoms with van der Waals surface area (Å²) in [5.74, 6) is -0.994. The quantitative estimate of drug-likeness (QED) is 0.522. The molecule has 0 saturated heterocycles. The van der Waals surface area contributed by atoms with Gasteiger partial charge in [-0.1, -0.05) is 0 Å². The van der Waals surface area contributed by atoms with Crippen molar-refractivity contribution in [3.05, 3.63) is 18.2 Å². The molecular formula is C9H13N3O3S. The van der Waals surface area contributed by atoms with Gasteiger partial charge in [-0.2, -0.15) is 12.6 Å². The van der Waals surface area contributed by atoms with Crippen molar-refractivity contribution < 1.29 is 14.7 Å². The number of H-pyrrole nitrogens is 1. The smallest absolute Gasteiger partial charge is 0.326 e. The molecule has 1 atom stereocenters. The molecule has 88 valence electrons. The highest BCUT2D eigenvalue weighted by atomic mass is 32.1. The van der Waals surface area contributed by atoms with Crippen molar-refractivity contribution in [1.29, 1.82) is 0 Å². The zero-order valence-electron chi connectivity index (χ0n) is 8.51. The molecule has 1 aromatic rings. The minimum absolute atomic E-state index is 0.188. The molecule has 7 heteroatoms. The Balaban J connectivity index is 2.54. The fourth-order valence-electron chi connectivity index (χ4n) is 1.18. The van der Waals surface area contributed by atoms with E-state index in [0.717, 1.165) is 0 Å². The van der Waals surface area contributed by atoms with Crippen molar-refractivity contribution in [3.63, 3.8) is 0 Å². The minimum Gasteiger partial charge on any atom is -0.480 e. The number of carbonyl (C=O) groups excluding carboxylic acids is 1. The van der Waals surface area contributed by atoms with Gasteiger partial charge in [0.25, 0.3) is 0 Å². The normalized spacial score (nSPS) is 12.1. The monoisotopic (exact) mass is 243 g/mol. The second-order valence-electron chi connectivity index (χ2n) is 3.21. The number of carbonyl (C=O) groups is 2. The number of carboxylic acid groups (broad SMARTS) is 1. The first kappa shape index (κ1) is 12.6. The molecule has 0 unspecified atom stereocenters. The standard InChI is InChI=1S/C9H13N3O3S/c13-8(1-2-16)12-7(9(14)15)3-6-4-10-5-11-6/h4-5,7,16H,1-3H2,(H,10,11)(H,12,13)(H,14,15)/t7-/m0/s1. The summed E-state index contributed by atoms with van der Waals surface area (Å²) in [6, 6.07) is -0.937. The number of aliphatic carboxylic acids is 1. The van der Waals surface area contributed by atoms with E-state index in [1.54, 1.807) is 0 Å². The Morgan fingerprint density at radius 3 is 2.88 bits per heavy atom. The molecular weight excluding hydrogens is 230 g/mol. The summed E-state index contributed by atoms with van der Waals surface area (Å²) < 4.78 is 0. The van der Waals surface area contributed by atoms with Gasteiger partial charge in [0.15, 0.2) is 0 Å². The Morgan fingerprint density at radius 1 is 1.62 bits per heavy atom. The number of nitrogens with one attached hydrogen (secondary N) is 2. The number of thiol groups is 1. The van der Waals surface area contributed by atoms with Crippen molar-refractivity contribution in [3.8, 4) is 0 Å². The Labute approximate surface area is 97.9 Å². The molecule has 0 spiro atoms. The number of carboxylic acids is 1. The minimum atomic E-state index is -1.07. The van der Waals surface area contributed by atoms with E-state index in [4.69, 9.17) is 5.11 Å². The highest BCUT2D eigenvalue weighted by Gasteiger charge is 2.20. The molecule has 0 aliphatic carbocycles. The molecule has 6 nitrogen and oxygen atoms in total.